The van der Waals surface area contributed by atoms with Crippen molar-refractivity contribution in [1.82, 2.24) is 26.6 Å². The van der Waals surface area contributed by atoms with Crippen LogP contribution in [0.25, 0.3) is 10.8 Å². The van der Waals surface area contributed by atoms with Gasteiger partial charge in [-0.25, -0.2) is 4.79 Å². The van der Waals surface area contributed by atoms with Gasteiger partial charge >= 0.3 is 6.09 Å². The Labute approximate surface area is 311 Å². The largest absolute Gasteiger partial charge is 0.445 e. The van der Waals surface area contributed by atoms with Gasteiger partial charge in [-0.1, -0.05) is 107 Å². The van der Waals surface area contributed by atoms with Gasteiger partial charge in [0, 0.05) is 30.6 Å². The molecule has 12 heteroatoms. The molecule has 4 amide bonds. The number of hydrogen-bond donors (Lipinski definition) is 6. The van der Waals surface area contributed by atoms with E-state index in [1.165, 1.54) is 0 Å². The van der Waals surface area contributed by atoms with E-state index in [9.17, 15) is 24.3 Å². The van der Waals surface area contributed by atoms with E-state index in [1.54, 1.807) is 11.8 Å². The van der Waals surface area contributed by atoms with E-state index in [2.05, 4.69) is 33.5 Å². The Morgan fingerprint density at radius 2 is 1.62 bits per heavy atom. The van der Waals surface area contributed by atoms with Crippen molar-refractivity contribution >= 4 is 46.3 Å². The molecule has 0 radical (unpaired) electrons. The Morgan fingerprint density at radius 3 is 2.33 bits per heavy atom. The molecule has 11 nitrogen and oxygen atoms in total. The van der Waals surface area contributed by atoms with Gasteiger partial charge < -0.3 is 36.4 Å². The third-order valence-corrected chi connectivity index (χ3v) is 10.3. The van der Waals surface area contributed by atoms with Gasteiger partial charge in [0.2, 0.25) is 17.7 Å². The van der Waals surface area contributed by atoms with E-state index in [1.807, 2.05) is 93.6 Å². The first-order chi connectivity index (χ1) is 25.0. The molecule has 6 N–H and O–H groups in total. The summed E-state index contributed by atoms with van der Waals surface area (Å²) in [5.41, 5.74) is 1.65. The molecule has 0 saturated carbocycles. The standard InChI is InChI=1S/C40H55N5O6S/c1-5-27(4)22-41-37(47)21-36(46)33(18-26(2)3)43-39(49)35(20-31-24-52-25-42-31)44-38(48)34(45-40(50)51-23-28-12-7-6-8-13-28)19-30-16-11-15-29-14-9-10-17-32(29)30/h6-17,26-27,31,33-36,42,46H,5,18-25H2,1-4H3,(H,41,47)(H,43,49)(H,44,48)(H,45,50)/t27?,31?,33?,34-,35-,36?/m0/s1. The predicted molar refractivity (Wildman–Crippen MR) is 206 cm³/mol. The molecule has 3 aromatic rings. The Kier molecular flexibility index (Phi) is 16.2. The average Bonchev–Trinajstić information content (AvgIpc) is 3.65. The van der Waals surface area contributed by atoms with Crippen LogP contribution in [-0.2, 0) is 32.1 Å². The fourth-order valence-electron chi connectivity index (χ4n) is 6.12. The Morgan fingerprint density at radius 1 is 0.904 bits per heavy atom. The number of rotatable bonds is 19. The fraction of sp³-hybridized carbons (Fsp3) is 0.500. The first kappa shape index (κ1) is 40.6. The fourth-order valence-corrected chi connectivity index (χ4v) is 7.13. The molecule has 1 heterocycles. The van der Waals surface area contributed by atoms with E-state index >= 15 is 0 Å². The summed E-state index contributed by atoms with van der Waals surface area (Å²) < 4.78 is 5.50. The van der Waals surface area contributed by atoms with E-state index < -0.39 is 42.1 Å². The summed E-state index contributed by atoms with van der Waals surface area (Å²) in [5, 5.41) is 28.0. The number of aliphatic hydroxyl groups excluding tert-OH is 1. The van der Waals surface area contributed by atoms with E-state index in [0.717, 1.165) is 39.9 Å². The minimum Gasteiger partial charge on any atom is -0.445 e. The molecule has 52 heavy (non-hydrogen) atoms. The second-order valence-corrected chi connectivity index (χ2v) is 15.2. The summed E-state index contributed by atoms with van der Waals surface area (Å²) in [5.74, 6) is 0.620. The van der Waals surface area contributed by atoms with Crippen LogP contribution in [0.4, 0.5) is 4.79 Å². The molecule has 3 aromatic carbocycles. The predicted octanol–water partition coefficient (Wildman–Crippen LogP) is 4.66. The maximum Gasteiger partial charge on any atom is 0.408 e. The van der Waals surface area contributed by atoms with Gasteiger partial charge in [-0.05, 0) is 46.6 Å². The molecule has 4 rings (SSSR count). The summed E-state index contributed by atoms with van der Waals surface area (Å²) in [6.45, 7) is 8.59. The monoisotopic (exact) mass is 733 g/mol. The highest BCUT2D eigenvalue weighted by atomic mass is 32.2. The Balaban J connectivity index is 1.53. The number of ether oxygens (including phenoxy) is 1. The summed E-state index contributed by atoms with van der Waals surface area (Å²) in [4.78, 5) is 54.1. The van der Waals surface area contributed by atoms with Crippen molar-refractivity contribution in [2.75, 3.05) is 18.2 Å². The molecule has 1 aliphatic rings. The molecule has 1 fully saturated rings. The third-order valence-electron chi connectivity index (χ3n) is 9.33. The van der Waals surface area contributed by atoms with Crippen LogP contribution in [0, 0.1) is 11.8 Å². The Hall–Kier alpha value is -4.13. The topological polar surface area (TPSA) is 158 Å². The number of nitrogens with one attached hydrogen (secondary N) is 5. The normalized spacial score (nSPS) is 17.1. The highest BCUT2D eigenvalue weighted by Gasteiger charge is 2.33. The highest BCUT2D eigenvalue weighted by molar-refractivity contribution is 7.99. The van der Waals surface area contributed by atoms with Crippen LogP contribution in [-0.4, -0.2) is 77.4 Å². The summed E-state index contributed by atoms with van der Waals surface area (Å²) in [7, 11) is 0. The lowest BCUT2D eigenvalue weighted by Gasteiger charge is -2.30. The maximum absolute atomic E-state index is 14.2. The van der Waals surface area contributed by atoms with Crippen molar-refractivity contribution in [3.8, 4) is 0 Å². The van der Waals surface area contributed by atoms with Gasteiger partial charge in [0.25, 0.3) is 0 Å². The number of fused-ring (bicyclic) bond motifs is 1. The zero-order valence-electron chi connectivity index (χ0n) is 30.7. The number of carbonyl (C=O) groups excluding carboxylic acids is 4. The lowest BCUT2D eigenvalue weighted by atomic mass is 9.95. The average molecular weight is 734 g/mol. The molecular formula is C40H55N5O6S. The lowest BCUT2D eigenvalue weighted by Crippen LogP contribution is -2.58. The van der Waals surface area contributed by atoms with Crippen LogP contribution in [0.3, 0.4) is 0 Å². The van der Waals surface area contributed by atoms with Crippen molar-refractivity contribution in [2.24, 2.45) is 11.8 Å². The quantitative estimate of drug-likeness (QED) is 0.104. The van der Waals surface area contributed by atoms with Crippen LogP contribution >= 0.6 is 11.8 Å². The first-order valence-electron chi connectivity index (χ1n) is 18.3. The number of alkyl carbamates (subject to hydrolysis) is 1. The molecule has 6 atom stereocenters. The van der Waals surface area contributed by atoms with Crippen LogP contribution in [0.1, 0.15) is 64.5 Å². The van der Waals surface area contributed by atoms with Gasteiger partial charge in [0.1, 0.15) is 18.7 Å². The third kappa shape index (κ3) is 13.1. The number of amides is 4. The molecule has 1 aliphatic heterocycles. The van der Waals surface area contributed by atoms with Crippen LogP contribution in [0.15, 0.2) is 72.8 Å². The second-order valence-electron chi connectivity index (χ2n) is 14.1. The van der Waals surface area contributed by atoms with E-state index in [-0.39, 0.29) is 37.3 Å². The van der Waals surface area contributed by atoms with Crippen molar-refractivity contribution in [2.45, 2.75) is 96.7 Å². The number of aliphatic hydroxyl groups is 1. The summed E-state index contributed by atoms with van der Waals surface area (Å²) in [6.07, 6.45) is -0.241. The number of hydrogen-bond acceptors (Lipinski definition) is 8. The van der Waals surface area contributed by atoms with Crippen molar-refractivity contribution < 1.29 is 29.0 Å². The van der Waals surface area contributed by atoms with Crippen LogP contribution in [0.2, 0.25) is 0 Å². The van der Waals surface area contributed by atoms with Crippen molar-refractivity contribution in [3.05, 3.63) is 83.9 Å². The van der Waals surface area contributed by atoms with E-state index in [0.29, 0.717) is 25.3 Å². The van der Waals surface area contributed by atoms with Gasteiger partial charge in [-0.15, -0.1) is 11.8 Å². The molecule has 0 spiro atoms. The Bertz CT molecular complexity index is 1600. The smallest absolute Gasteiger partial charge is 0.408 e. The molecule has 0 aliphatic carbocycles. The van der Waals surface area contributed by atoms with Gasteiger partial charge in [0.05, 0.1) is 18.6 Å². The van der Waals surface area contributed by atoms with Crippen LogP contribution < -0.4 is 26.6 Å². The van der Waals surface area contributed by atoms with Gasteiger partial charge in [-0.3, -0.25) is 14.4 Å². The summed E-state index contributed by atoms with van der Waals surface area (Å²) in [6, 6.07) is 20.1. The zero-order chi connectivity index (χ0) is 37.5. The molecule has 0 aromatic heterocycles. The zero-order valence-corrected chi connectivity index (χ0v) is 31.5. The molecule has 4 unspecified atom stereocenters. The maximum atomic E-state index is 14.2. The lowest BCUT2D eigenvalue weighted by molar-refractivity contribution is -0.131. The number of carbonyl (C=O) groups is 4. The first-order valence-corrected chi connectivity index (χ1v) is 19.5. The van der Waals surface area contributed by atoms with Crippen molar-refractivity contribution in [1.29, 1.82) is 0 Å². The molecular weight excluding hydrogens is 679 g/mol. The van der Waals surface area contributed by atoms with Crippen molar-refractivity contribution in [3.63, 3.8) is 0 Å². The van der Waals surface area contributed by atoms with Gasteiger partial charge in [-0.2, -0.15) is 0 Å². The SMILES string of the molecule is CCC(C)CNC(=O)CC(O)C(CC(C)C)NC(=O)[C@H](CC1CSCN1)NC(=O)[C@H](Cc1cccc2ccccc12)NC(=O)OCc1ccccc1. The van der Waals surface area contributed by atoms with E-state index in [4.69, 9.17) is 4.74 Å². The summed E-state index contributed by atoms with van der Waals surface area (Å²) >= 11 is 1.70. The second kappa shape index (κ2) is 20.8. The minimum absolute atomic E-state index is 0.0283. The molecule has 282 valence electrons. The van der Waals surface area contributed by atoms with Gasteiger partial charge in [0.15, 0.2) is 0 Å². The molecule has 1 saturated heterocycles. The highest BCUT2D eigenvalue weighted by Crippen LogP contribution is 2.21. The minimum atomic E-state index is -1.13. The number of benzene rings is 3. The van der Waals surface area contributed by atoms with Crippen LogP contribution in [0.5, 0.6) is 0 Å². The number of thioether (sulfide) groups is 1. The molecule has 0 bridgehead atoms.